The van der Waals surface area contributed by atoms with Crippen LogP contribution in [0.4, 0.5) is 0 Å². The van der Waals surface area contributed by atoms with Gasteiger partial charge in [-0.1, -0.05) is 42.5 Å². The van der Waals surface area contributed by atoms with Gasteiger partial charge in [0.15, 0.2) is 11.6 Å². The summed E-state index contributed by atoms with van der Waals surface area (Å²) in [6.07, 6.45) is 6.66. The number of hydrogen-bond donors (Lipinski definition) is 1. The SMILES string of the molecule is Cc1ccc(CC(=O)c2cccc(-n3cc(CC(=O)C4Cc5ccccc5CN4)cn3)c2)cn1. The monoisotopic (exact) mass is 450 g/mol. The summed E-state index contributed by atoms with van der Waals surface area (Å²) >= 11 is 0. The van der Waals surface area contributed by atoms with Gasteiger partial charge in [0.25, 0.3) is 0 Å². The molecule has 1 N–H and O–H groups in total. The van der Waals surface area contributed by atoms with Gasteiger partial charge >= 0.3 is 0 Å². The fraction of sp³-hybridized carbons (Fsp3) is 0.214. The van der Waals surface area contributed by atoms with Gasteiger partial charge in [-0.15, -0.1) is 0 Å². The highest BCUT2D eigenvalue weighted by molar-refractivity contribution is 5.98. The Morgan fingerprint density at radius 3 is 2.65 bits per heavy atom. The number of nitrogens with zero attached hydrogens (tertiary/aromatic N) is 3. The molecule has 0 fully saturated rings. The van der Waals surface area contributed by atoms with Crippen molar-refractivity contribution in [3.8, 4) is 5.69 Å². The fourth-order valence-corrected chi connectivity index (χ4v) is 4.31. The molecule has 0 saturated heterocycles. The van der Waals surface area contributed by atoms with Crippen LogP contribution in [0.2, 0.25) is 0 Å². The Labute approximate surface area is 198 Å². The number of carbonyl (C=O) groups excluding carboxylic acids is 2. The molecule has 1 aliphatic heterocycles. The molecule has 0 aliphatic carbocycles. The Morgan fingerprint density at radius 2 is 1.82 bits per heavy atom. The molecule has 0 radical (unpaired) electrons. The van der Waals surface area contributed by atoms with E-state index < -0.39 is 0 Å². The van der Waals surface area contributed by atoms with Crippen molar-refractivity contribution in [2.75, 3.05) is 0 Å². The van der Waals surface area contributed by atoms with Crippen molar-refractivity contribution in [1.29, 1.82) is 0 Å². The molecule has 1 atom stereocenters. The van der Waals surface area contributed by atoms with Crippen LogP contribution >= 0.6 is 0 Å². The van der Waals surface area contributed by atoms with Crippen LogP contribution in [0, 0.1) is 6.92 Å². The standard InChI is InChI=1S/C28H26N4O2/c1-19-9-10-20(15-29-19)11-27(33)23-7-4-8-25(13-23)32-18-21(16-31-32)12-28(34)26-14-22-5-2-3-6-24(22)17-30-26/h2-10,13,15-16,18,26,30H,11-12,14,17H2,1H3. The van der Waals surface area contributed by atoms with Crippen molar-refractivity contribution in [2.24, 2.45) is 0 Å². The van der Waals surface area contributed by atoms with Gasteiger partial charge in [-0.3, -0.25) is 14.6 Å². The van der Waals surface area contributed by atoms with Gasteiger partial charge in [-0.2, -0.15) is 5.10 Å². The second-order valence-corrected chi connectivity index (χ2v) is 8.80. The second kappa shape index (κ2) is 9.53. The first-order valence-electron chi connectivity index (χ1n) is 11.5. The molecule has 0 bridgehead atoms. The summed E-state index contributed by atoms with van der Waals surface area (Å²) in [7, 11) is 0. The highest BCUT2D eigenvalue weighted by Gasteiger charge is 2.24. The second-order valence-electron chi connectivity index (χ2n) is 8.80. The first-order chi connectivity index (χ1) is 16.5. The van der Waals surface area contributed by atoms with E-state index in [9.17, 15) is 9.59 Å². The molecular formula is C28H26N4O2. The Kier molecular flexibility index (Phi) is 6.14. The largest absolute Gasteiger partial charge is 0.303 e. The predicted octanol–water partition coefficient (Wildman–Crippen LogP) is 3.83. The molecule has 6 heteroatoms. The molecule has 2 aromatic carbocycles. The number of aromatic nitrogens is 3. The number of benzene rings is 2. The van der Waals surface area contributed by atoms with Crippen LogP contribution in [0.3, 0.4) is 0 Å². The van der Waals surface area contributed by atoms with E-state index in [1.807, 2.05) is 61.7 Å². The number of aryl methyl sites for hydroxylation is 1. The average molecular weight is 451 g/mol. The molecule has 3 heterocycles. The van der Waals surface area contributed by atoms with Crippen LogP contribution in [0.5, 0.6) is 0 Å². The minimum atomic E-state index is -0.185. The van der Waals surface area contributed by atoms with Crippen molar-refractivity contribution in [3.63, 3.8) is 0 Å². The summed E-state index contributed by atoms with van der Waals surface area (Å²) in [5, 5.41) is 7.80. The Balaban J connectivity index is 1.25. The summed E-state index contributed by atoms with van der Waals surface area (Å²) in [5.74, 6) is 0.184. The molecule has 0 saturated carbocycles. The zero-order valence-corrected chi connectivity index (χ0v) is 19.1. The number of fused-ring (bicyclic) bond motifs is 1. The summed E-state index contributed by atoms with van der Waals surface area (Å²) in [6.45, 7) is 2.64. The quantitative estimate of drug-likeness (QED) is 0.433. The van der Waals surface area contributed by atoms with E-state index in [0.29, 0.717) is 31.4 Å². The Hall–Kier alpha value is -3.90. The van der Waals surface area contributed by atoms with Gasteiger partial charge in [0.2, 0.25) is 0 Å². The van der Waals surface area contributed by atoms with Gasteiger partial charge in [-0.05, 0) is 53.8 Å². The van der Waals surface area contributed by atoms with Crippen LogP contribution in [-0.2, 0) is 30.6 Å². The van der Waals surface area contributed by atoms with Crippen molar-refractivity contribution in [1.82, 2.24) is 20.1 Å². The molecule has 1 aliphatic rings. The van der Waals surface area contributed by atoms with E-state index in [2.05, 4.69) is 27.5 Å². The Morgan fingerprint density at radius 1 is 0.971 bits per heavy atom. The summed E-state index contributed by atoms with van der Waals surface area (Å²) in [4.78, 5) is 30.0. The van der Waals surface area contributed by atoms with Crippen molar-refractivity contribution >= 4 is 11.6 Å². The maximum atomic E-state index is 12.9. The maximum absolute atomic E-state index is 12.9. The number of hydrogen-bond acceptors (Lipinski definition) is 5. The predicted molar refractivity (Wildman–Crippen MR) is 130 cm³/mol. The van der Waals surface area contributed by atoms with Crippen molar-refractivity contribution in [3.05, 3.63) is 113 Å². The molecule has 4 aromatic rings. The number of carbonyl (C=O) groups is 2. The van der Waals surface area contributed by atoms with Crippen LogP contribution in [0.1, 0.15) is 38.3 Å². The van der Waals surface area contributed by atoms with Crippen molar-refractivity contribution < 1.29 is 9.59 Å². The average Bonchev–Trinajstić information content (AvgIpc) is 3.33. The van der Waals surface area contributed by atoms with E-state index in [1.54, 1.807) is 17.1 Å². The number of Topliss-reactive ketones (excluding diaryl/α,β-unsaturated/α-hetero) is 2. The van der Waals surface area contributed by atoms with Crippen LogP contribution in [0.25, 0.3) is 5.69 Å². The third-order valence-electron chi connectivity index (χ3n) is 6.25. The lowest BCUT2D eigenvalue weighted by molar-refractivity contribution is -0.120. The lowest BCUT2D eigenvalue weighted by Gasteiger charge is -2.25. The van der Waals surface area contributed by atoms with Gasteiger partial charge in [0.05, 0.1) is 17.9 Å². The minimum absolute atomic E-state index is 0.0266. The maximum Gasteiger partial charge on any atom is 0.167 e. The molecule has 0 spiro atoms. The summed E-state index contributed by atoms with van der Waals surface area (Å²) in [6, 6.07) is 19.3. The number of ketones is 2. The number of nitrogens with one attached hydrogen (secondary N) is 1. The molecule has 34 heavy (non-hydrogen) atoms. The van der Waals surface area contributed by atoms with Gasteiger partial charge < -0.3 is 5.32 Å². The van der Waals surface area contributed by atoms with E-state index in [1.165, 1.54) is 11.1 Å². The highest BCUT2D eigenvalue weighted by atomic mass is 16.1. The van der Waals surface area contributed by atoms with Crippen LogP contribution in [-0.4, -0.2) is 32.4 Å². The van der Waals surface area contributed by atoms with E-state index in [0.717, 1.165) is 22.5 Å². The first-order valence-corrected chi connectivity index (χ1v) is 11.5. The zero-order valence-electron chi connectivity index (χ0n) is 19.1. The number of rotatable bonds is 7. The number of pyridine rings is 1. The molecule has 170 valence electrons. The Bertz CT molecular complexity index is 1340. The molecule has 2 aromatic heterocycles. The molecule has 5 rings (SSSR count). The van der Waals surface area contributed by atoms with E-state index >= 15 is 0 Å². The topological polar surface area (TPSA) is 76.9 Å². The highest BCUT2D eigenvalue weighted by Crippen LogP contribution is 2.18. The third-order valence-corrected chi connectivity index (χ3v) is 6.25. The fourth-order valence-electron chi connectivity index (χ4n) is 4.31. The van der Waals surface area contributed by atoms with Crippen LogP contribution in [0.15, 0.2) is 79.3 Å². The zero-order chi connectivity index (χ0) is 23.5. The first kappa shape index (κ1) is 21.9. The van der Waals surface area contributed by atoms with Gasteiger partial charge in [0.1, 0.15) is 0 Å². The lowest BCUT2D eigenvalue weighted by atomic mass is 9.92. The van der Waals surface area contributed by atoms with Crippen molar-refractivity contribution in [2.45, 2.75) is 38.8 Å². The lowest BCUT2D eigenvalue weighted by Crippen LogP contribution is -2.42. The molecule has 6 nitrogen and oxygen atoms in total. The third kappa shape index (κ3) is 4.87. The van der Waals surface area contributed by atoms with Gasteiger partial charge in [0, 0.05) is 43.0 Å². The van der Waals surface area contributed by atoms with Gasteiger partial charge in [-0.25, -0.2) is 4.68 Å². The molecule has 1 unspecified atom stereocenters. The summed E-state index contributed by atoms with van der Waals surface area (Å²) in [5.41, 5.74) is 6.57. The molecular weight excluding hydrogens is 424 g/mol. The summed E-state index contributed by atoms with van der Waals surface area (Å²) < 4.78 is 1.72. The van der Waals surface area contributed by atoms with Crippen LogP contribution < -0.4 is 5.32 Å². The van der Waals surface area contributed by atoms with E-state index in [-0.39, 0.29) is 17.6 Å². The van der Waals surface area contributed by atoms with E-state index in [4.69, 9.17) is 0 Å². The molecule has 0 amide bonds. The smallest absolute Gasteiger partial charge is 0.167 e. The minimum Gasteiger partial charge on any atom is -0.303 e. The normalized spacial score (nSPS) is 15.0.